The molecule has 1 aliphatic heterocycles. The van der Waals surface area contributed by atoms with Gasteiger partial charge in [-0.1, -0.05) is 12.1 Å². The second kappa shape index (κ2) is 7.58. The summed E-state index contributed by atoms with van der Waals surface area (Å²) in [4.78, 5) is 22.7. The second-order valence-corrected chi connectivity index (χ2v) is 6.22. The summed E-state index contributed by atoms with van der Waals surface area (Å²) in [7, 11) is 0. The molecule has 1 aliphatic rings. The molecule has 0 spiro atoms. The highest BCUT2D eigenvalue weighted by Gasteiger charge is 2.53. The van der Waals surface area contributed by atoms with Gasteiger partial charge < -0.3 is 5.11 Å². The van der Waals surface area contributed by atoms with Crippen LogP contribution >= 0.6 is 0 Å². The van der Waals surface area contributed by atoms with Crippen LogP contribution < -0.4 is 0 Å². The number of halogens is 4. The number of hydrazone groups is 1. The lowest BCUT2D eigenvalue weighted by molar-refractivity contribution is -0.385. The van der Waals surface area contributed by atoms with Crippen molar-refractivity contribution in [2.75, 3.05) is 0 Å². The minimum atomic E-state index is -3.53. The van der Waals surface area contributed by atoms with Gasteiger partial charge in [-0.25, -0.2) is 17.6 Å². The van der Waals surface area contributed by atoms with Crippen molar-refractivity contribution < 1.29 is 32.4 Å². The fourth-order valence-electron chi connectivity index (χ4n) is 2.75. The first-order valence-corrected chi connectivity index (χ1v) is 8.08. The molecule has 0 radical (unpaired) electrons. The van der Waals surface area contributed by atoms with E-state index < -0.39 is 41.5 Å². The second-order valence-electron chi connectivity index (χ2n) is 6.22. The molecule has 154 valence electrons. The highest BCUT2D eigenvalue weighted by atomic mass is 19.3. The molecule has 0 bridgehead atoms. The number of amides is 1. The number of alkyl halides is 4. The number of aromatic nitrogens is 2. The SMILES string of the molecule is O=C(c1cccc(Cn2cc([N+](=O)[O-])cn2)c1)N1N=C(C(F)F)C[C@]1(O)C(F)F. The fourth-order valence-corrected chi connectivity index (χ4v) is 2.75. The predicted molar refractivity (Wildman–Crippen MR) is 89.6 cm³/mol. The minimum Gasteiger partial charge on any atom is -0.364 e. The third-order valence-corrected chi connectivity index (χ3v) is 4.18. The highest BCUT2D eigenvalue weighted by Crippen LogP contribution is 2.34. The normalized spacial score (nSPS) is 19.1. The van der Waals surface area contributed by atoms with E-state index in [2.05, 4.69) is 10.2 Å². The molecule has 1 aromatic heterocycles. The van der Waals surface area contributed by atoms with E-state index in [-0.39, 0.29) is 22.8 Å². The lowest BCUT2D eigenvalue weighted by Gasteiger charge is -2.30. The van der Waals surface area contributed by atoms with Gasteiger partial charge in [0.15, 0.2) is 0 Å². The van der Waals surface area contributed by atoms with Gasteiger partial charge in [0, 0.05) is 12.0 Å². The highest BCUT2D eigenvalue weighted by molar-refractivity contribution is 5.99. The maximum atomic E-state index is 13.3. The first kappa shape index (κ1) is 20.4. The number of nitro groups is 1. The zero-order chi connectivity index (χ0) is 21.3. The Bertz CT molecular complexity index is 980. The van der Waals surface area contributed by atoms with Crippen LogP contribution in [0.4, 0.5) is 23.2 Å². The van der Waals surface area contributed by atoms with E-state index in [0.717, 1.165) is 12.4 Å². The molecule has 0 aliphatic carbocycles. The maximum absolute atomic E-state index is 13.3. The third-order valence-electron chi connectivity index (χ3n) is 4.18. The minimum absolute atomic E-state index is 0.0135. The van der Waals surface area contributed by atoms with E-state index in [4.69, 9.17) is 0 Å². The van der Waals surface area contributed by atoms with Gasteiger partial charge in [-0.05, 0) is 17.7 Å². The lowest BCUT2D eigenvalue weighted by atomic mass is 10.1. The van der Waals surface area contributed by atoms with Crippen LogP contribution in [0.25, 0.3) is 0 Å². The van der Waals surface area contributed by atoms with Crippen LogP contribution in [0.1, 0.15) is 22.3 Å². The molecule has 0 saturated heterocycles. The molecular formula is C16H13F4N5O4. The molecule has 0 saturated carbocycles. The van der Waals surface area contributed by atoms with Gasteiger partial charge >= 0.3 is 5.69 Å². The first-order valence-electron chi connectivity index (χ1n) is 8.08. The van der Waals surface area contributed by atoms with E-state index >= 15 is 0 Å². The predicted octanol–water partition coefficient (Wildman–Crippen LogP) is 2.26. The van der Waals surface area contributed by atoms with Gasteiger partial charge in [-0.3, -0.25) is 19.6 Å². The molecule has 1 amide bonds. The number of hydrogen-bond donors (Lipinski definition) is 1. The van der Waals surface area contributed by atoms with E-state index in [1.54, 1.807) is 6.07 Å². The van der Waals surface area contributed by atoms with Crippen molar-refractivity contribution in [3.8, 4) is 0 Å². The zero-order valence-corrected chi connectivity index (χ0v) is 14.5. The number of benzene rings is 1. The molecule has 13 heteroatoms. The number of aliphatic hydroxyl groups is 1. The van der Waals surface area contributed by atoms with Crippen LogP contribution in [-0.2, 0) is 6.54 Å². The van der Waals surface area contributed by atoms with Crippen LogP contribution in [-0.4, -0.2) is 55.0 Å². The summed E-state index contributed by atoms with van der Waals surface area (Å²) >= 11 is 0. The average molecular weight is 415 g/mol. The van der Waals surface area contributed by atoms with E-state index in [0.29, 0.717) is 5.56 Å². The number of carbonyl (C=O) groups is 1. The Morgan fingerprint density at radius 3 is 2.66 bits per heavy atom. The molecule has 0 unspecified atom stereocenters. The van der Waals surface area contributed by atoms with Gasteiger partial charge in [-0.15, -0.1) is 0 Å². The molecule has 0 fully saturated rings. The van der Waals surface area contributed by atoms with Crippen molar-refractivity contribution in [1.29, 1.82) is 0 Å². The Labute approximate surface area is 160 Å². The topological polar surface area (TPSA) is 114 Å². The summed E-state index contributed by atoms with van der Waals surface area (Å²) in [6, 6.07) is 5.44. The molecule has 2 aromatic rings. The van der Waals surface area contributed by atoms with E-state index in [1.807, 2.05) is 0 Å². The van der Waals surface area contributed by atoms with Gasteiger partial charge in [0.05, 0.1) is 11.5 Å². The Balaban J connectivity index is 1.87. The summed E-state index contributed by atoms with van der Waals surface area (Å²) in [6.45, 7) is 0.0135. The molecule has 3 rings (SSSR count). The molecule has 1 N–H and O–H groups in total. The van der Waals surface area contributed by atoms with E-state index in [1.165, 1.54) is 22.9 Å². The largest absolute Gasteiger partial charge is 0.364 e. The summed E-state index contributed by atoms with van der Waals surface area (Å²) in [5, 5.41) is 27.7. The smallest absolute Gasteiger partial charge is 0.307 e. The maximum Gasteiger partial charge on any atom is 0.307 e. The van der Waals surface area contributed by atoms with Crippen LogP contribution in [0.5, 0.6) is 0 Å². The quantitative estimate of drug-likeness (QED) is 0.442. The Hall–Kier alpha value is -3.35. The van der Waals surface area contributed by atoms with Gasteiger partial charge in [-0.2, -0.15) is 15.2 Å². The van der Waals surface area contributed by atoms with Crippen molar-refractivity contribution in [2.24, 2.45) is 5.10 Å². The van der Waals surface area contributed by atoms with Crippen molar-refractivity contribution in [2.45, 2.75) is 31.5 Å². The molecule has 1 atom stereocenters. The molecule has 1 aromatic carbocycles. The monoisotopic (exact) mass is 415 g/mol. The van der Waals surface area contributed by atoms with Gasteiger partial charge in [0.1, 0.15) is 18.1 Å². The van der Waals surface area contributed by atoms with Crippen LogP contribution in [0.15, 0.2) is 41.8 Å². The van der Waals surface area contributed by atoms with Crippen molar-refractivity contribution >= 4 is 17.3 Å². The van der Waals surface area contributed by atoms with Crippen LogP contribution in [0.2, 0.25) is 0 Å². The van der Waals surface area contributed by atoms with Crippen LogP contribution in [0, 0.1) is 10.1 Å². The summed E-state index contributed by atoms with van der Waals surface area (Å²) in [6.07, 6.45) is -5.73. The molecule has 9 nitrogen and oxygen atoms in total. The number of carbonyl (C=O) groups excluding carboxylic acids is 1. The molecule has 29 heavy (non-hydrogen) atoms. The molecule has 2 heterocycles. The lowest BCUT2D eigenvalue weighted by Crippen LogP contribution is -2.51. The zero-order valence-electron chi connectivity index (χ0n) is 14.5. The fraction of sp³-hybridized carbons (Fsp3) is 0.312. The average Bonchev–Trinajstić information content (AvgIpc) is 3.27. The summed E-state index contributed by atoms with van der Waals surface area (Å²) in [5.41, 5.74) is -4.22. The number of rotatable bonds is 6. The molecular weight excluding hydrogens is 402 g/mol. The summed E-state index contributed by atoms with van der Waals surface area (Å²) in [5.74, 6) is -1.20. The third kappa shape index (κ3) is 3.94. The van der Waals surface area contributed by atoms with Crippen molar-refractivity contribution in [1.82, 2.24) is 14.8 Å². The van der Waals surface area contributed by atoms with Crippen molar-refractivity contribution in [3.05, 3.63) is 57.9 Å². The van der Waals surface area contributed by atoms with Crippen molar-refractivity contribution in [3.63, 3.8) is 0 Å². The number of nitrogens with zero attached hydrogens (tertiary/aromatic N) is 5. The van der Waals surface area contributed by atoms with Gasteiger partial charge in [0.25, 0.3) is 18.8 Å². The number of hydrogen-bond acceptors (Lipinski definition) is 6. The Kier molecular flexibility index (Phi) is 5.33. The van der Waals surface area contributed by atoms with Crippen LogP contribution in [0.3, 0.4) is 0 Å². The summed E-state index contributed by atoms with van der Waals surface area (Å²) < 4.78 is 53.5. The Morgan fingerprint density at radius 2 is 2.07 bits per heavy atom. The Morgan fingerprint density at radius 1 is 1.34 bits per heavy atom. The van der Waals surface area contributed by atoms with Gasteiger partial charge in [0.2, 0.25) is 5.72 Å². The first-order chi connectivity index (χ1) is 13.6. The van der Waals surface area contributed by atoms with E-state index in [9.17, 15) is 37.6 Å². The standard InChI is InChI=1S/C16H13F4N5O4/c17-13(18)12-5-16(27,15(19)20)24(22-12)14(26)10-3-1-2-9(4-10)7-23-8-11(6-21-23)25(28)29/h1-4,6,8,13,15,27H,5,7H2/t16-/m0/s1.